The Kier molecular flexibility index (Phi) is 20.7. The lowest BCUT2D eigenvalue weighted by Crippen LogP contribution is -2.59. The molecule has 4 amide bonds. The van der Waals surface area contributed by atoms with Crippen LogP contribution in [0.1, 0.15) is 84.8 Å². The van der Waals surface area contributed by atoms with E-state index >= 15 is 0 Å². The zero-order valence-corrected chi connectivity index (χ0v) is 38.4. The molecule has 0 bridgehead atoms. The molecule has 8 atom stereocenters. The highest BCUT2D eigenvalue weighted by Gasteiger charge is 2.43. The molecule has 3 N–H and O–H groups in total. The molecule has 14 heteroatoms. The Bertz CT molecular complexity index is 1690. The molecule has 0 aromatic heterocycles. The number of likely N-dealkylation sites (N-methyl/N-ethyl adjacent to an activating group) is 2. The number of nitrogens with zero attached hydrogens (tertiary/aromatic N) is 3. The summed E-state index contributed by atoms with van der Waals surface area (Å²) >= 11 is 0. The normalized spacial score (nSPS) is 17.6. The molecule has 0 saturated carbocycles. The highest BCUT2D eigenvalue weighted by atomic mass is 16.5. The third-order valence-electron chi connectivity index (χ3n) is 12.1. The summed E-state index contributed by atoms with van der Waals surface area (Å²) in [4.78, 5) is 74.4. The largest absolute Gasteiger partial charge is 0.508 e. The van der Waals surface area contributed by atoms with E-state index in [1.165, 1.54) is 14.2 Å². The van der Waals surface area contributed by atoms with Crippen molar-refractivity contribution < 1.29 is 43.3 Å². The maximum absolute atomic E-state index is 14.4. The highest BCUT2D eigenvalue weighted by molar-refractivity contribution is 5.90. The fourth-order valence-electron chi connectivity index (χ4n) is 8.62. The van der Waals surface area contributed by atoms with Crippen LogP contribution < -0.4 is 10.6 Å². The Morgan fingerprint density at radius 1 is 0.852 bits per heavy atom. The minimum atomic E-state index is -0.900. The molecule has 1 saturated heterocycles. The first-order valence-corrected chi connectivity index (χ1v) is 21.8. The monoisotopic (exact) mass is 852 g/mol. The molecule has 0 aliphatic carbocycles. The van der Waals surface area contributed by atoms with Crippen molar-refractivity contribution in [3.05, 3.63) is 65.7 Å². The quantitative estimate of drug-likeness (QED) is 0.127. The topological polar surface area (TPSA) is 167 Å². The van der Waals surface area contributed by atoms with Crippen molar-refractivity contribution >= 4 is 29.6 Å². The number of methoxy groups -OCH3 is 3. The fourth-order valence-corrected chi connectivity index (χ4v) is 8.62. The molecule has 2 aromatic rings. The number of hydrogen-bond acceptors (Lipinski definition) is 10. The van der Waals surface area contributed by atoms with Crippen LogP contribution in [0.3, 0.4) is 0 Å². The van der Waals surface area contributed by atoms with Gasteiger partial charge in [0.2, 0.25) is 23.6 Å². The number of carbonyl (C=O) groups excluding carboxylic acids is 5. The van der Waals surface area contributed by atoms with Gasteiger partial charge in [0.15, 0.2) is 0 Å². The molecule has 1 fully saturated rings. The van der Waals surface area contributed by atoms with Crippen LogP contribution in [0.5, 0.6) is 5.75 Å². The van der Waals surface area contributed by atoms with Gasteiger partial charge in [-0.2, -0.15) is 0 Å². The molecule has 0 radical (unpaired) electrons. The number of phenolic OH excluding ortho intramolecular Hbond substituents is 1. The molecular weight excluding hydrogens is 779 g/mol. The van der Waals surface area contributed by atoms with Crippen molar-refractivity contribution in [2.24, 2.45) is 17.8 Å². The molecule has 1 heterocycles. The van der Waals surface area contributed by atoms with E-state index in [4.69, 9.17) is 14.2 Å². The number of likely N-dealkylation sites (tertiary alicyclic amines) is 1. The van der Waals surface area contributed by atoms with Crippen molar-refractivity contribution in [1.82, 2.24) is 25.3 Å². The number of carbonyl (C=O) groups is 5. The van der Waals surface area contributed by atoms with Crippen molar-refractivity contribution in [3.8, 4) is 5.75 Å². The van der Waals surface area contributed by atoms with E-state index in [9.17, 15) is 29.1 Å². The third kappa shape index (κ3) is 14.3. The van der Waals surface area contributed by atoms with Gasteiger partial charge in [0.05, 0.1) is 49.8 Å². The molecule has 61 heavy (non-hydrogen) atoms. The SMILES string of the molecule is CCC[C@@H]([C@@H](CC(=O)N1CCC[C@H]1[C@H](OC)[C@@H](C)C(=O)N[C@@H](Cc1ccccc1)C(=O)OC)OC)N(C)C(=O)[C@@H](NC(=O)C(C(C)C)N(C)CCc1ccc(O)cc1)C(C)C. The lowest BCUT2D eigenvalue weighted by Gasteiger charge is -2.39. The Morgan fingerprint density at radius 2 is 1.51 bits per heavy atom. The van der Waals surface area contributed by atoms with Crippen LogP contribution in [-0.4, -0.2) is 140 Å². The first-order chi connectivity index (χ1) is 29.0. The van der Waals surface area contributed by atoms with Gasteiger partial charge in [0.25, 0.3) is 0 Å². The predicted octanol–water partition coefficient (Wildman–Crippen LogP) is 4.61. The standard InChI is InChI=1S/C47H73N5O9/c1-12-17-37(51(8)46(57)41(30(2)3)49-45(56)42(31(4)5)50(7)27-25-33-21-23-35(53)24-22-33)39(59-9)29-40(54)52-26-16-20-38(52)43(60-10)32(6)44(55)48-36(47(58)61-11)28-34-18-14-13-15-19-34/h13-15,18-19,21-24,30-32,36-39,41-43,53H,12,16-17,20,25-29H2,1-11H3,(H,48,55)(H,49,56)/t32-,36+,37+,38+,39-,41+,42?,43-/m1/s1. The maximum atomic E-state index is 14.4. The second-order valence-corrected chi connectivity index (χ2v) is 17.2. The highest BCUT2D eigenvalue weighted by Crippen LogP contribution is 2.29. The van der Waals surface area contributed by atoms with Crippen LogP contribution in [0.15, 0.2) is 54.6 Å². The van der Waals surface area contributed by atoms with Crippen molar-refractivity contribution in [2.45, 2.75) is 129 Å². The fraction of sp³-hybridized carbons (Fsp3) is 0.638. The number of aromatic hydroxyl groups is 1. The summed E-state index contributed by atoms with van der Waals surface area (Å²) in [6, 6.07) is 13.3. The van der Waals surface area contributed by atoms with Gasteiger partial charge in [0, 0.05) is 40.8 Å². The Labute approximate surface area is 364 Å². The van der Waals surface area contributed by atoms with Gasteiger partial charge in [0.1, 0.15) is 17.8 Å². The van der Waals surface area contributed by atoms with E-state index in [0.717, 1.165) is 24.0 Å². The molecule has 1 unspecified atom stereocenters. The third-order valence-corrected chi connectivity index (χ3v) is 12.1. The van der Waals surface area contributed by atoms with Crippen LogP contribution in [-0.2, 0) is 51.0 Å². The zero-order valence-electron chi connectivity index (χ0n) is 38.4. The molecule has 1 aliphatic rings. The van der Waals surface area contributed by atoms with Crippen molar-refractivity contribution in [3.63, 3.8) is 0 Å². The maximum Gasteiger partial charge on any atom is 0.328 e. The van der Waals surface area contributed by atoms with Crippen LogP contribution in [0.4, 0.5) is 0 Å². The Balaban J connectivity index is 1.73. The van der Waals surface area contributed by atoms with E-state index in [0.29, 0.717) is 32.4 Å². The summed E-state index contributed by atoms with van der Waals surface area (Å²) in [5, 5.41) is 15.6. The average molecular weight is 852 g/mol. The van der Waals surface area contributed by atoms with E-state index in [-0.39, 0.29) is 54.1 Å². The number of esters is 1. The smallest absolute Gasteiger partial charge is 0.328 e. The summed E-state index contributed by atoms with van der Waals surface area (Å²) in [5.74, 6) is -2.39. The number of amides is 4. The average Bonchev–Trinajstić information content (AvgIpc) is 3.73. The summed E-state index contributed by atoms with van der Waals surface area (Å²) < 4.78 is 16.9. The summed E-state index contributed by atoms with van der Waals surface area (Å²) in [6.45, 7) is 12.6. The van der Waals surface area contributed by atoms with Gasteiger partial charge >= 0.3 is 5.97 Å². The van der Waals surface area contributed by atoms with Gasteiger partial charge in [-0.25, -0.2) is 4.79 Å². The first kappa shape index (κ1) is 50.8. The van der Waals surface area contributed by atoms with Gasteiger partial charge < -0.3 is 39.8 Å². The summed E-state index contributed by atoms with van der Waals surface area (Å²) in [6.07, 6.45) is 2.25. The molecule has 1 aliphatic heterocycles. The second-order valence-electron chi connectivity index (χ2n) is 17.2. The number of nitrogens with one attached hydrogen (secondary N) is 2. The lowest BCUT2D eigenvalue weighted by atomic mass is 9.93. The van der Waals surface area contributed by atoms with Crippen molar-refractivity contribution in [1.29, 1.82) is 0 Å². The first-order valence-electron chi connectivity index (χ1n) is 21.8. The number of rotatable bonds is 24. The van der Waals surface area contributed by atoms with E-state index < -0.39 is 54.3 Å². The van der Waals surface area contributed by atoms with Gasteiger partial charge in [-0.05, 0) is 67.8 Å². The summed E-state index contributed by atoms with van der Waals surface area (Å²) in [7, 11) is 7.97. The Morgan fingerprint density at radius 3 is 2.07 bits per heavy atom. The zero-order chi connectivity index (χ0) is 45.4. The lowest BCUT2D eigenvalue weighted by molar-refractivity contribution is -0.148. The van der Waals surface area contributed by atoms with E-state index in [1.54, 1.807) is 43.0 Å². The van der Waals surface area contributed by atoms with Crippen molar-refractivity contribution in [2.75, 3.05) is 48.5 Å². The van der Waals surface area contributed by atoms with Crippen LogP contribution in [0.25, 0.3) is 0 Å². The molecule has 3 rings (SSSR count). The number of ether oxygens (including phenoxy) is 3. The number of phenols is 1. The second kappa shape index (κ2) is 24.8. The molecule has 14 nitrogen and oxygen atoms in total. The van der Waals surface area contributed by atoms with Crippen LogP contribution >= 0.6 is 0 Å². The molecule has 2 aromatic carbocycles. The van der Waals surface area contributed by atoms with Gasteiger partial charge in [-0.3, -0.25) is 24.1 Å². The van der Waals surface area contributed by atoms with Crippen LogP contribution in [0.2, 0.25) is 0 Å². The minimum Gasteiger partial charge on any atom is -0.508 e. The number of hydrogen-bond donors (Lipinski definition) is 3. The van der Waals surface area contributed by atoms with Crippen LogP contribution in [0, 0.1) is 17.8 Å². The summed E-state index contributed by atoms with van der Waals surface area (Å²) in [5.41, 5.74) is 1.91. The number of benzene rings is 2. The minimum absolute atomic E-state index is 0.00621. The van der Waals surface area contributed by atoms with E-state index in [1.807, 2.05) is 89.0 Å². The predicted molar refractivity (Wildman–Crippen MR) is 236 cm³/mol. The molecule has 340 valence electrons. The van der Waals surface area contributed by atoms with Gasteiger partial charge in [-0.1, -0.05) is 90.4 Å². The van der Waals surface area contributed by atoms with E-state index in [2.05, 4.69) is 10.6 Å². The van der Waals surface area contributed by atoms with Gasteiger partial charge in [-0.15, -0.1) is 0 Å². The molecular formula is C47H73N5O9. The Hall–Kier alpha value is -4.53. The molecule has 0 spiro atoms.